The molecule has 1 aliphatic heterocycles. The fourth-order valence-corrected chi connectivity index (χ4v) is 3.71. The van der Waals surface area contributed by atoms with Gasteiger partial charge in [0.05, 0.1) is 18.4 Å². The van der Waals surface area contributed by atoms with E-state index in [1.54, 1.807) is 23.3 Å². The first-order chi connectivity index (χ1) is 10.5. The van der Waals surface area contributed by atoms with Gasteiger partial charge in [-0.2, -0.15) is 19.3 Å². The maximum atomic E-state index is 12.4. The molecule has 1 fully saturated rings. The lowest BCUT2D eigenvalue weighted by atomic mass is 10.2. The standard InChI is InChI=1S/C15H18N4O2S/c1-13-2-4-14(5-3-13)7-11-22(20,21)18-10-6-15(12-18)19-16-8-9-17-19/h2-5,7-9,11,15H,6,10,12H2,1H3. The largest absolute Gasteiger partial charge is 0.236 e. The van der Waals surface area contributed by atoms with Gasteiger partial charge in [-0.15, -0.1) is 0 Å². The van der Waals surface area contributed by atoms with Crippen LogP contribution >= 0.6 is 0 Å². The minimum Gasteiger partial charge on any atom is -0.208 e. The third-order valence-electron chi connectivity index (χ3n) is 3.76. The molecule has 0 saturated carbocycles. The summed E-state index contributed by atoms with van der Waals surface area (Å²) >= 11 is 0. The van der Waals surface area contributed by atoms with Crippen LogP contribution in [0.15, 0.2) is 42.1 Å². The predicted molar refractivity (Wildman–Crippen MR) is 84.4 cm³/mol. The molecular formula is C15H18N4O2S. The monoisotopic (exact) mass is 318 g/mol. The van der Waals surface area contributed by atoms with Crippen molar-refractivity contribution in [1.82, 2.24) is 19.3 Å². The van der Waals surface area contributed by atoms with E-state index in [1.807, 2.05) is 31.2 Å². The van der Waals surface area contributed by atoms with Crippen molar-refractivity contribution >= 4 is 16.1 Å². The van der Waals surface area contributed by atoms with Gasteiger partial charge in [0.25, 0.3) is 0 Å². The molecule has 0 N–H and O–H groups in total. The molecule has 116 valence electrons. The van der Waals surface area contributed by atoms with Crippen LogP contribution in [0.4, 0.5) is 0 Å². The van der Waals surface area contributed by atoms with Gasteiger partial charge in [0.2, 0.25) is 10.0 Å². The Kier molecular flexibility index (Phi) is 4.08. The van der Waals surface area contributed by atoms with Crippen LogP contribution in [0.2, 0.25) is 0 Å². The van der Waals surface area contributed by atoms with Crippen molar-refractivity contribution in [2.45, 2.75) is 19.4 Å². The zero-order valence-electron chi connectivity index (χ0n) is 12.3. The smallest absolute Gasteiger partial charge is 0.208 e. The average molecular weight is 318 g/mol. The van der Waals surface area contributed by atoms with Crippen LogP contribution in [0.25, 0.3) is 6.08 Å². The van der Waals surface area contributed by atoms with Gasteiger partial charge in [-0.25, -0.2) is 8.42 Å². The van der Waals surface area contributed by atoms with Gasteiger partial charge in [0.1, 0.15) is 0 Å². The van der Waals surface area contributed by atoms with Gasteiger partial charge in [-0.05, 0) is 25.0 Å². The first-order valence-corrected chi connectivity index (χ1v) is 8.66. The molecule has 1 aromatic carbocycles. The molecule has 0 radical (unpaired) electrons. The summed E-state index contributed by atoms with van der Waals surface area (Å²) in [5.41, 5.74) is 2.02. The summed E-state index contributed by atoms with van der Waals surface area (Å²) in [6, 6.07) is 7.74. The number of hydrogen-bond acceptors (Lipinski definition) is 4. The van der Waals surface area contributed by atoms with Crippen LogP contribution in [-0.4, -0.2) is 40.8 Å². The fraction of sp³-hybridized carbons (Fsp3) is 0.333. The Balaban J connectivity index is 1.70. The highest BCUT2D eigenvalue weighted by molar-refractivity contribution is 7.92. The Morgan fingerprint density at radius 2 is 1.86 bits per heavy atom. The van der Waals surface area contributed by atoms with Crippen molar-refractivity contribution in [3.8, 4) is 0 Å². The zero-order chi connectivity index (χ0) is 15.6. The van der Waals surface area contributed by atoms with E-state index in [1.165, 1.54) is 9.71 Å². The number of nitrogens with zero attached hydrogens (tertiary/aromatic N) is 4. The SMILES string of the molecule is Cc1ccc(C=CS(=O)(=O)N2CCC(n3nccn3)C2)cc1. The summed E-state index contributed by atoms with van der Waals surface area (Å²) in [6.07, 6.45) is 5.57. The summed E-state index contributed by atoms with van der Waals surface area (Å²) in [6.45, 7) is 2.90. The van der Waals surface area contributed by atoms with Crippen LogP contribution < -0.4 is 0 Å². The highest BCUT2D eigenvalue weighted by Crippen LogP contribution is 2.23. The molecule has 3 rings (SSSR count). The van der Waals surface area contributed by atoms with Crippen LogP contribution in [0, 0.1) is 6.92 Å². The van der Waals surface area contributed by atoms with Crippen molar-refractivity contribution in [3.63, 3.8) is 0 Å². The van der Waals surface area contributed by atoms with Gasteiger partial charge in [-0.1, -0.05) is 29.8 Å². The topological polar surface area (TPSA) is 68.1 Å². The van der Waals surface area contributed by atoms with E-state index < -0.39 is 10.0 Å². The normalized spacial score (nSPS) is 20.0. The Morgan fingerprint density at radius 3 is 2.55 bits per heavy atom. The van der Waals surface area contributed by atoms with Gasteiger partial charge < -0.3 is 0 Å². The van der Waals surface area contributed by atoms with Crippen molar-refractivity contribution in [2.24, 2.45) is 0 Å². The van der Waals surface area contributed by atoms with E-state index in [4.69, 9.17) is 0 Å². The van der Waals surface area contributed by atoms with E-state index in [2.05, 4.69) is 10.2 Å². The van der Waals surface area contributed by atoms with E-state index >= 15 is 0 Å². The maximum Gasteiger partial charge on any atom is 0.236 e. The maximum absolute atomic E-state index is 12.4. The number of benzene rings is 1. The van der Waals surface area contributed by atoms with Crippen molar-refractivity contribution in [3.05, 3.63) is 53.2 Å². The fourth-order valence-electron chi connectivity index (χ4n) is 2.47. The van der Waals surface area contributed by atoms with E-state index in [0.717, 1.165) is 17.5 Å². The first-order valence-electron chi connectivity index (χ1n) is 7.15. The van der Waals surface area contributed by atoms with E-state index in [9.17, 15) is 8.42 Å². The minimum atomic E-state index is -3.41. The van der Waals surface area contributed by atoms with E-state index in [0.29, 0.717) is 13.1 Å². The molecule has 2 aromatic rings. The van der Waals surface area contributed by atoms with Gasteiger partial charge >= 0.3 is 0 Å². The lowest BCUT2D eigenvalue weighted by molar-refractivity contribution is 0.405. The molecule has 7 heteroatoms. The van der Waals surface area contributed by atoms with Crippen LogP contribution in [-0.2, 0) is 10.0 Å². The van der Waals surface area contributed by atoms with Crippen LogP contribution in [0.5, 0.6) is 0 Å². The Morgan fingerprint density at radius 1 is 1.18 bits per heavy atom. The molecule has 1 aliphatic rings. The molecule has 0 bridgehead atoms. The molecule has 1 saturated heterocycles. The minimum absolute atomic E-state index is 0.0116. The third kappa shape index (κ3) is 3.26. The number of sulfonamides is 1. The predicted octanol–water partition coefficient (Wildman–Crippen LogP) is 1.83. The molecule has 22 heavy (non-hydrogen) atoms. The molecular weight excluding hydrogens is 300 g/mol. The third-order valence-corrected chi connectivity index (χ3v) is 5.29. The van der Waals surface area contributed by atoms with Crippen molar-refractivity contribution in [2.75, 3.05) is 13.1 Å². The average Bonchev–Trinajstić information content (AvgIpc) is 3.18. The zero-order valence-corrected chi connectivity index (χ0v) is 13.1. The molecule has 0 spiro atoms. The molecule has 0 amide bonds. The molecule has 1 unspecified atom stereocenters. The van der Waals surface area contributed by atoms with Gasteiger partial charge in [-0.3, -0.25) is 0 Å². The summed E-state index contributed by atoms with van der Waals surface area (Å²) < 4.78 is 26.2. The second-order valence-electron chi connectivity index (χ2n) is 5.41. The molecule has 2 heterocycles. The van der Waals surface area contributed by atoms with Crippen LogP contribution in [0.1, 0.15) is 23.6 Å². The van der Waals surface area contributed by atoms with Crippen LogP contribution in [0.3, 0.4) is 0 Å². The second kappa shape index (κ2) is 6.02. The number of aryl methyl sites for hydroxylation is 1. The lowest BCUT2D eigenvalue weighted by Gasteiger charge is -2.13. The Hall–Kier alpha value is -1.99. The quantitative estimate of drug-likeness (QED) is 0.862. The highest BCUT2D eigenvalue weighted by atomic mass is 32.2. The Bertz CT molecular complexity index is 751. The highest BCUT2D eigenvalue weighted by Gasteiger charge is 2.31. The van der Waals surface area contributed by atoms with Crippen molar-refractivity contribution in [1.29, 1.82) is 0 Å². The summed E-state index contributed by atoms with van der Waals surface area (Å²) in [5.74, 6) is 0. The molecule has 6 nitrogen and oxygen atoms in total. The molecule has 0 aliphatic carbocycles. The first kappa shape index (κ1) is 14.9. The summed E-state index contributed by atoms with van der Waals surface area (Å²) in [5, 5.41) is 9.44. The number of aromatic nitrogens is 3. The van der Waals surface area contributed by atoms with Gasteiger partial charge in [0, 0.05) is 18.5 Å². The van der Waals surface area contributed by atoms with Crippen molar-refractivity contribution < 1.29 is 8.42 Å². The summed E-state index contributed by atoms with van der Waals surface area (Å²) in [7, 11) is -3.41. The lowest BCUT2D eigenvalue weighted by Crippen LogP contribution is -2.27. The summed E-state index contributed by atoms with van der Waals surface area (Å²) in [4.78, 5) is 1.58. The molecule has 1 atom stereocenters. The molecule has 1 aromatic heterocycles. The number of rotatable bonds is 4. The van der Waals surface area contributed by atoms with Gasteiger partial charge in [0.15, 0.2) is 0 Å². The Labute approximate surface area is 130 Å². The number of hydrogen-bond donors (Lipinski definition) is 0. The van der Waals surface area contributed by atoms with E-state index in [-0.39, 0.29) is 6.04 Å². The second-order valence-corrected chi connectivity index (χ2v) is 7.23.